The molecule has 4 rings (SSSR count). The van der Waals surface area contributed by atoms with Crippen molar-refractivity contribution >= 4 is 35.7 Å². The highest BCUT2D eigenvalue weighted by molar-refractivity contribution is 6.11. The van der Waals surface area contributed by atoms with Gasteiger partial charge >= 0.3 is 0 Å². The number of nitriles is 1. The number of aliphatic hydroxyl groups is 1. The number of carbonyl (C=O) groups is 2. The third-order valence-electron chi connectivity index (χ3n) is 5.84. The normalized spacial score (nSPS) is 15.8. The number of aromatic nitrogens is 1. The van der Waals surface area contributed by atoms with Crippen LogP contribution < -0.4 is 10.6 Å². The Hall–Kier alpha value is -4.13. The van der Waals surface area contributed by atoms with Crippen LogP contribution in [0.4, 0.5) is 5.69 Å². The predicted octanol–water partition coefficient (Wildman–Crippen LogP) is 3.84. The molecule has 2 aromatic carbocycles. The number of anilines is 1. The highest BCUT2D eigenvalue weighted by Gasteiger charge is 2.24. The second kappa shape index (κ2) is 12.0. The Labute approximate surface area is 214 Å². The number of carbonyl (C=O) groups excluding carboxylic acids is 2. The average Bonchev–Trinajstić information content (AvgIpc) is 3.49. The first kappa shape index (κ1) is 26.5. The van der Waals surface area contributed by atoms with Crippen LogP contribution in [-0.2, 0) is 11.3 Å². The Morgan fingerprint density at radius 3 is 2.56 bits per heavy atom. The molecular weight excluding hydrogens is 482 g/mol. The summed E-state index contributed by atoms with van der Waals surface area (Å²) in [6.07, 6.45) is 2.11. The number of nitrogens with zero attached hydrogens (tertiary/aromatic N) is 3. The molecule has 1 fully saturated rings. The van der Waals surface area contributed by atoms with Crippen molar-refractivity contribution < 1.29 is 19.2 Å². The summed E-state index contributed by atoms with van der Waals surface area (Å²) in [4.78, 5) is 27.5. The Kier molecular flexibility index (Phi) is 8.84. The molecule has 1 atom stereocenters. The van der Waals surface area contributed by atoms with Gasteiger partial charge in [-0.2, -0.15) is 5.26 Å². The summed E-state index contributed by atoms with van der Waals surface area (Å²) in [5.41, 5.74) is 1.78. The number of likely N-dealkylation sites (tertiary alicyclic amines) is 1. The highest BCUT2D eigenvalue weighted by atomic mass is 35.5. The van der Waals surface area contributed by atoms with E-state index in [1.54, 1.807) is 37.3 Å². The smallest absolute Gasteiger partial charge is 0.270 e. The molecule has 0 radical (unpaired) electrons. The van der Waals surface area contributed by atoms with Crippen LogP contribution >= 0.6 is 12.4 Å². The maximum absolute atomic E-state index is 12.7. The maximum Gasteiger partial charge on any atom is 0.270 e. The Morgan fingerprint density at radius 1 is 1.19 bits per heavy atom. The quantitative estimate of drug-likeness (QED) is 0.251. The lowest BCUT2D eigenvalue weighted by molar-refractivity contribution is -0.112. The Morgan fingerprint density at radius 2 is 1.92 bits per heavy atom. The molecule has 3 aromatic rings. The molecule has 2 heterocycles. The molecule has 1 aliphatic heterocycles. The molecule has 1 saturated heterocycles. The van der Waals surface area contributed by atoms with Crippen LogP contribution in [0.3, 0.4) is 0 Å². The second-order valence-corrected chi connectivity index (χ2v) is 8.34. The number of benzene rings is 2. The fourth-order valence-electron chi connectivity index (χ4n) is 3.97. The van der Waals surface area contributed by atoms with Crippen molar-refractivity contribution in [3.63, 3.8) is 0 Å². The fraction of sp³-hybridized carbons (Fsp3) is 0.231. The van der Waals surface area contributed by atoms with E-state index in [-0.39, 0.29) is 35.7 Å². The Bertz CT molecular complexity index is 1280. The van der Waals surface area contributed by atoms with E-state index >= 15 is 0 Å². The second-order valence-electron chi connectivity index (χ2n) is 8.34. The number of aryl methyl sites for hydroxylation is 1. The summed E-state index contributed by atoms with van der Waals surface area (Å²) >= 11 is 0. The number of hydrogen-bond acceptors (Lipinski definition) is 7. The summed E-state index contributed by atoms with van der Waals surface area (Å²) in [6, 6.07) is 18.3. The molecule has 10 heteroatoms. The van der Waals surface area contributed by atoms with Gasteiger partial charge in [0.1, 0.15) is 11.8 Å². The average molecular weight is 508 g/mol. The van der Waals surface area contributed by atoms with Crippen LogP contribution in [-0.4, -0.2) is 46.1 Å². The maximum atomic E-state index is 12.7. The first-order chi connectivity index (χ1) is 16.9. The zero-order valence-corrected chi connectivity index (χ0v) is 20.4. The van der Waals surface area contributed by atoms with E-state index < -0.39 is 17.2 Å². The van der Waals surface area contributed by atoms with Gasteiger partial charge in [-0.1, -0.05) is 35.5 Å². The van der Waals surface area contributed by atoms with Crippen molar-refractivity contribution in [3.05, 3.63) is 88.8 Å². The van der Waals surface area contributed by atoms with E-state index in [0.717, 1.165) is 26.1 Å². The number of nitrogens with one attached hydrogen (secondary N) is 2. The lowest BCUT2D eigenvalue weighted by Gasteiger charge is -2.17. The lowest BCUT2D eigenvalue weighted by Crippen LogP contribution is -2.37. The molecule has 3 N–H and O–H groups in total. The number of hydrogen-bond donors (Lipinski definition) is 3. The summed E-state index contributed by atoms with van der Waals surface area (Å²) in [6.45, 7) is 4.11. The van der Waals surface area contributed by atoms with Crippen LogP contribution in [0.5, 0.6) is 0 Å². The van der Waals surface area contributed by atoms with E-state index in [1.807, 2.05) is 18.2 Å². The molecule has 9 nitrogen and oxygen atoms in total. The molecule has 36 heavy (non-hydrogen) atoms. The fourth-order valence-corrected chi connectivity index (χ4v) is 3.97. The van der Waals surface area contributed by atoms with Gasteiger partial charge in [-0.05, 0) is 43.2 Å². The molecule has 2 amide bonds. The van der Waals surface area contributed by atoms with Gasteiger partial charge in [-0.3, -0.25) is 14.5 Å². The molecule has 0 bridgehead atoms. The zero-order valence-electron chi connectivity index (χ0n) is 19.6. The van der Waals surface area contributed by atoms with Crippen LogP contribution in [0.1, 0.15) is 33.7 Å². The highest BCUT2D eigenvalue weighted by Crippen LogP contribution is 2.21. The molecule has 1 unspecified atom stereocenters. The summed E-state index contributed by atoms with van der Waals surface area (Å²) < 4.78 is 4.87. The van der Waals surface area contributed by atoms with E-state index in [9.17, 15) is 20.0 Å². The van der Waals surface area contributed by atoms with Crippen LogP contribution in [0.2, 0.25) is 0 Å². The number of halogens is 1. The van der Waals surface area contributed by atoms with Crippen LogP contribution in [0.15, 0.2) is 70.9 Å². The van der Waals surface area contributed by atoms with E-state index in [4.69, 9.17) is 4.52 Å². The van der Waals surface area contributed by atoms with Gasteiger partial charge in [0.25, 0.3) is 11.8 Å². The first-order valence-corrected chi connectivity index (χ1v) is 11.2. The zero-order chi connectivity index (χ0) is 24.8. The number of rotatable bonds is 7. The lowest BCUT2D eigenvalue weighted by atomic mass is 10.1. The van der Waals surface area contributed by atoms with E-state index in [1.165, 1.54) is 11.8 Å². The van der Waals surface area contributed by atoms with Crippen molar-refractivity contribution in [2.75, 3.05) is 18.4 Å². The van der Waals surface area contributed by atoms with Gasteiger partial charge in [0.05, 0.1) is 11.8 Å². The molecule has 0 spiro atoms. The minimum Gasteiger partial charge on any atom is -0.506 e. The Balaban J connectivity index is 0.00000361. The van der Waals surface area contributed by atoms with E-state index in [0.29, 0.717) is 11.3 Å². The van der Waals surface area contributed by atoms with Gasteiger partial charge in [-0.15, -0.1) is 12.4 Å². The standard InChI is InChI=1S/C26H25N5O4.ClH/c1-17-23(14-28-35-17)24(32)22(13-27)26(34)29-20-9-7-19(8-10-20)25(33)30-21-11-12-31(16-21)15-18-5-3-2-4-6-18;/h2-10,14,21,32H,11-12,15-16H2,1H3,(H,29,34)(H,30,33);1H/b24-22-;. The SMILES string of the molecule is Cc1oncc1/C(O)=C(\C#N)C(=O)Nc1ccc(C(=O)NC2CCN(Cc3ccccc3)C2)cc1.Cl. The largest absolute Gasteiger partial charge is 0.506 e. The first-order valence-electron chi connectivity index (χ1n) is 11.2. The monoisotopic (exact) mass is 507 g/mol. The third kappa shape index (κ3) is 6.30. The van der Waals surface area contributed by atoms with Crippen LogP contribution in [0, 0.1) is 18.3 Å². The van der Waals surface area contributed by atoms with E-state index in [2.05, 4.69) is 32.8 Å². The topological polar surface area (TPSA) is 131 Å². The van der Waals surface area contributed by atoms with Crippen molar-refractivity contribution in [1.29, 1.82) is 5.26 Å². The van der Waals surface area contributed by atoms with Crippen molar-refractivity contribution in [3.8, 4) is 6.07 Å². The van der Waals surface area contributed by atoms with Gasteiger partial charge in [0.15, 0.2) is 11.3 Å². The molecule has 0 saturated carbocycles. The van der Waals surface area contributed by atoms with Crippen molar-refractivity contribution in [2.24, 2.45) is 0 Å². The summed E-state index contributed by atoms with van der Waals surface area (Å²) in [5, 5.41) is 28.8. The molecule has 1 aliphatic rings. The van der Waals surface area contributed by atoms with Gasteiger partial charge in [-0.25, -0.2) is 0 Å². The molecular formula is C26H26ClN5O4. The van der Waals surface area contributed by atoms with Crippen molar-refractivity contribution in [2.45, 2.75) is 25.9 Å². The molecule has 0 aliphatic carbocycles. The van der Waals surface area contributed by atoms with Crippen molar-refractivity contribution in [1.82, 2.24) is 15.4 Å². The minimum absolute atomic E-state index is 0. The summed E-state index contributed by atoms with van der Waals surface area (Å²) in [7, 11) is 0. The van der Waals surface area contributed by atoms with Gasteiger partial charge < -0.3 is 20.3 Å². The summed E-state index contributed by atoms with van der Waals surface area (Å²) in [5.74, 6) is -1.21. The number of aliphatic hydroxyl groups excluding tert-OH is 1. The van der Waals surface area contributed by atoms with Gasteiger partial charge in [0, 0.05) is 36.9 Å². The molecule has 1 aromatic heterocycles. The number of amides is 2. The molecule has 186 valence electrons. The van der Waals surface area contributed by atoms with Crippen LogP contribution in [0.25, 0.3) is 5.76 Å². The minimum atomic E-state index is -0.785. The van der Waals surface area contributed by atoms with Gasteiger partial charge in [0.2, 0.25) is 0 Å². The third-order valence-corrected chi connectivity index (χ3v) is 5.84. The predicted molar refractivity (Wildman–Crippen MR) is 136 cm³/mol.